The van der Waals surface area contributed by atoms with E-state index in [4.69, 9.17) is 4.74 Å². The summed E-state index contributed by atoms with van der Waals surface area (Å²) in [4.78, 5) is 6.72. The maximum Gasteiger partial charge on any atom is 0.122 e. The molecule has 2 rings (SSSR count). The minimum absolute atomic E-state index is 0.280. The zero-order valence-corrected chi connectivity index (χ0v) is 11.4. The molecule has 0 radical (unpaired) electrons. The van der Waals surface area contributed by atoms with Gasteiger partial charge in [0.25, 0.3) is 0 Å². The fourth-order valence-corrected chi connectivity index (χ4v) is 2.25. The molecule has 1 atom stereocenters. The number of hydrogen-bond acceptors (Lipinski definition) is 4. The molecule has 1 N–H and O–H groups in total. The number of nitrogens with one attached hydrogen (secondary N) is 1. The van der Waals surface area contributed by atoms with E-state index in [9.17, 15) is 0 Å². The highest BCUT2D eigenvalue weighted by molar-refractivity contribution is 4.93. The minimum atomic E-state index is 0.280. The first-order valence-electron chi connectivity index (χ1n) is 6.80. The van der Waals surface area contributed by atoms with Gasteiger partial charge in [0.15, 0.2) is 0 Å². The van der Waals surface area contributed by atoms with E-state index in [2.05, 4.69) is 33.7 Å². The van der Waals surface area contributed by atoms with Gasteiger partial charge in [-0.2, -0.15) is 0 Å². The van der Waals surface area contributed by atoms with Gasteiger partial charge in [-0.25, -0.2) is 4.98 Å². The Bertz CT molecular complexity index is 353. The summed E-state index contributed by atoms with van der Waals surface area (Å²) >= 11 is 0. The second kappa shape index (κ2) is 6.87. The van der Waals surface area contributed by atoms with E-state index in [1.165, 1.54) is 0 Å². The van der Waals surface area contributed by atoms with Crippen molar-refractivity contribution in [2.45, 2.75) is 32.5 Å². The molecule has 1 fully saturated rings. The number of aromatic nitrogens is 2. The number of rotatable bonds is 6. The third-order valence-electron chi connectivity index (χ3n) is 3.25. The normalized spacial score (nSPS) is 21.3. The van der Waals surface area contributed by atoms with E-state index in [0.29, 0.717) is 0 Å². The lowest BCUT2D eigenvalue weighted by Gasteiger charge is -2.30. The van der Waals surface area contributed by atoms with Crippen molar-refractivity contribution >= 4 is 0 Å². The molecule has 1 unspecified atom stereocenters. The van der Waals surface area contributed by atoms with Gasteiger partial charge in [-0.3, -0.25) is 0 Å². The van der Waals surface area contributed by atoms with Gasteiger partial charge < -0.3 is 19.5 Å². The Morgan fingerprint density at radius 1 is 1.56 bits per heavy atom. The highest BCUT2D eigenvalue weighted by atomic mass is 16.5. The van der Waals surface area contributed by atoms with Crippen LogP contribution in [0, 0.1) is 0 Å². The van der Waals surface area contributed by atoms with E-state index in [1.54, 1.807) is 0 Å². The SMILES string of the molecule is CCCNCc1nccn1CC1CN(C)CCO1. The molecule has 1 aromatic rings. The monoisotopic (exact) mass is 252 g/mol. The van der Waals surface area contributed by atoms with Gasteiger partial charge >= 0.3 is 0 Å². The molecule has 1 aliphatic rings. The van der Waals surface area contributed by atoms with Gasteiger partial charge in [-0.15, -0.1) is 0 Å². The average molecular weight is 252 g/mol. The molecule has 5 heteroatoms. The van der Waals surface area contributed by atoms with Crippen LogP contribution in [0.15, 0.2) is 12.4 Å². The molecule has 1 aliphatic heterocycles. The van der Waals surface area contributed by atoms with Crippen molar-refractivity contribution in [3.8, 4) is 0 Å². The molecule has 0 saturated carbocycles. The third kappa shape index (κ3) is 3.80. The van der Waals surface area contributed by atoms with Crippen molar-refractivity contribution < 1.29 is 4.74 Å². The molecule has 0 amide bonds. The molecule has 5 nitrogen and oxygen atoms in total. The summed E-state index contributed by atoms with van der Waals surface area (Å²) in [6.07, 6.45) is 5.34. The number of nitrogens with zero attached hydrogens (tertiary/aromatic N) is 3. The van der Waals surface area contributed by atoms with Crippen LogP contribution in [0.25, 0.3) is 0 Å². The van der Waals surface area contributed by atoms with Crippen LogP contribution in [-0.4, -0.2) is 53.8 Å². The van der Waals surface area contributed by atoms with Crippen LogP contribution in [-0.2, 0) is 17.8 Å². The van der Waals surface area contributed by atoms with Crippen molar-refractivity contribution in [1.29, 1.82) is 0 Å². The lowest BCUT2D eigenvalue weighted by atomic mass is 10.3. The fourth-order valence-electron chi connectivity index (χ4n) is 2.25. The average Bonchev–Trinajstić information content (AvgIpc) is 2.77. The third-order valence-corrected chi connectivity index (χ3v) is 3.25. The van der Waals surface area contributed by atoms with Crippen LogP contribution in [0.4, 0.5) is 0 Å². The Balaban J connectivity index is 1.86. The Hall–Kier alpha value is -0.910. The van der Waals surface area contributed by atoms with Crippen molar-refractivity contribution in [3.05, 3.63) is 18.2 Å². The fraction of sp³-hybridized carbons (Fsp3) is 0.769. The maximum absolute atomic E-state index is 5.79. The predicted octanol–water partition coefficient (Wildman–Crippen LogP) is 0.713. The summed E-state index contributed by atoms with van der Waals surface area (Å²) in [5.74, 6) is 1.10. The first-order chi connectivity index (χ1) is 8.79. The van der Waals surface area contributed by atoms with Gasteiger partial charge in [0.05, 0.1) is 25.8 Å². The number of hydrogen-bond donors (Lipinski definition) is 1. The zero-order valence-electron chi connectivity index (χ0n) is 11.4. The van der Waals surface area contributed by atoms with E-state index >= 15 is 0 Å². The van der Waals surface area contributed by atoms with Crippen molar-refractivity contribution in [3.63, 3.8) is 0 Å². The van der Waals surface area contributed by atoms with Crippen molar-refractivity contribution in [2.75, 3.05) is 33.3 Å². The summed E-state index contributed by atoms with van der Waals surface area (Å²) in [7, 11) is 2.15. The molecule has 0 bridgehead atoms. The predicted molar refractivity (Wildman–Crippen MR) is 71.5 cm³/mol. The van der Waals surface area contributed by atoms with Crippen LogP contribution in [0.3, 0.4) is 0 Å². The molecule has 2 heterocycles. The molecular formula is C13H24N4O. The van der Waals surface area contributed by atoms with Crippen molar-refractivity contribution in [1.82, 2.24) is 19.8 Å². The number of morpholine rings is 1. The lowest BCUT2D eigenvalue weighted by molar-refractivity contribution is -0.0278. The smallest absolute Gasteiger partial charge is 0.122 e. The maximum atomic E-state index is 5.79. The molecule has 0 aliphatic carbocycles. The van der Waals surface area contributed by atoms with Gasteiger partial charge in [0, 0.05) is 25.5 Å². The van der Waals surface area contributed by atoms with E-state index in [0.717, 1.165) is 51.6 Å². The Morgan fingerprint density at radius 2 is 2.44 bits per heavy atom. The van der Waals surface area contributed by atoms with Crippen LogP contribution in [0.1, 0.15) is 19.2 Å². The Labute approximate surface area is 109 Å². The number of likely N-dealkylation sites (N-methyl/N-ethyl adjacent to an activating group) is 1. The summed E-state index contributed by atoms with van der Waals surface area (Å²) < 4.78 is 7.99. The summed E-state index contributed by atoms with van der Waals surface area (Å²) in [6, 6.07) is 0. The molecule has 1 saturated heterocycles. The minimum Gasteiger partial charge on any atom is -0.374 e. The van der Waals surface area contributed by atoms with Gasteiger partial charge in [-0.05, 0) is 20.0 Å². The number of ether oxygens (including phenoxy) is 1. The summed E-state index contributed by atoms with van der Waals surface area (Å²) in [5, 5.41) is 3.39. The molecule has 0 aromatic carbocycles. The highest BCUT2D eigenvalue weighted by Gasteiger charge is 2.18. The molecular weight excluding hydrogens is 228 g/mol. The second-order valence-corrected chi connectivity index (χ2v) is 4.93. The van der Waals surface area contributed by atoms with Gasteiger partial charge in [0.2, 0.25) is 0 Å². The second-order valence-electron chi connectivity index (χ2n) is 4.93. The Morgan fingerprint density at radius 3 is 3.22 bits per heavy atom. The van der Waals surface area contributed by atoms with Gasteiger partial charge in [-0.1, -0.05) is 6.92 Å². The quantitative estimate of drug-likeness (QED) is 0.757. The molecule has 102 valence electrons. The van der Waals surface area contributed by atoms with Crippen LogP contribution in [0.2, 0.25) is 0 Å². The topological polar surface area (TPSA) is 42.3 Å². The first kappa shape index (κ1) is 13.5. The van der Waals surface area contributed by atoms with E-state index in [1.807, 2.05) is 12.4 Å². The van der Waals surface area contributed by atoms with E-state index in [-0.39, 0.29) is 6.10 Å². The summed E-state index contributed by atoms with van der Waals surface area (Å²) in [5.41, 5.74) is 0. The number of imidazole rings is 1. The van der Waals surface area contributed by atoms with E-state index < -0.39 is 0 Å². The van der Waals surface area contributed by atoms with Crippen LogP contribution in [0.5, 0.6) is 0 Å². The van der Waals surface area contributed by atoms with Crippen LogP contribution < -0.4 is 5.32 Å². The first-order valence-corrected chi connectivity index (χ1v) is 6.80. The summed E-state index contributed by atoms with van der Waals surface area (Å²) in [6.45, 7) is 7.81. The molecule has 1 aromatic heterocycles. The van der Waals surface area contributed by atoms with Gasteiger partial charge in [0.1, 0.15) is 5.82 Å². The van der Waals surface area contributed by atoms with Crippen molar-refractivity contribution in [2.24, 2.45) is 0 Å². The molecule has 0 spiro atoms. The Kier molecular flexibility index (Phi) is 5.16. The van der Waals surface area contributed by atoms with Crippen LogP contribution >= 0.6 is 0 Å². The highest BCUT2D eigenvalue weighted by Crippen LogP contribution is 2.07. The molecule has 18 heavy (non-hydrogen) atoms. The standard InChI is InChI=1S/C13H24N4O/c1-3-4-14-9-13-15-5-6-17(13)11-12-10-16(2)7-8-18-12/h5-6,12,14H,3-4,7-11H2,1-2H3. The largest absolute Gasteiger partial charge is 0.374 e. The lowest BCUT2D eigenvalue weighted by Crippen LogP contribution is -2.42. The zero-order chi connectivity index (χ0) is 12.8.